The van der Waals surface area contributed by atoms with E-state index in [0.717, 1.165) is 91.6 Å². The molecule has 0 saturated carbocycles. The molecule has 1 aromatic carbocycles. The number of morpholine rings is 1. The first kappa shape index (κ1) is 26.0. The van der Waals surface area contributed by atoms with Crippen LogP contribution in [0.3, 0.4) is 0 Å². The van der Waals surface area contributed by atoms with Crippen LogP contribution in [0, 0.1) is 6.92 Å². The predicted molar refractivity (Wildman–Crippen MR) is 155 cm³/mol. The summed E-state index contributed by atoms with van der Waals surface area (Å²) >= 11 is 0. The Morgan fingerprint density at radius 2 is 1.69 bits per heavy atom. The fourth-order valence-corrected chi connectivity index (χ4v) is 5.76. The van der Waals surface area contributed by atoms with Gasteiger partial charge in [0.2, 0.25) is 11.8 Å². The zero-order chi connectivity index (χ0) is 26.9. The van der Waals surface area contributed by atoms with E-state index in [1.165, 1.54) is 0 Å². The van der Waals surface area contributed by atoms with Crippen LogP contribution in [0.4, 0.5) is 5.95 Å². The number of benzene rings is 1. The molecular formula is C30H39N7O2. The molecule has 2 saturated heterocycles. The van der Waals surface area contributed by atoms with Gasteiger partial charge in [-0.2, -0.15) is 0 Å². The molecule has 5 heterocycles. The third-order valence-electron chi connectivity index (χ3n) is 7.86. The molecule has 2 atom stereocenters. The van der Waals surface area contributed by atoms with E-state index in [0.29, 0.717) is 12.5 Å². The number of rotatable bonds is 7. The molecule has 9 heteroatoms. The summed E-state index contributed by atoms with van der Waals surface area (Å²) in [7, 11) is 2.19. The topological polar surface area (TPSA) is 71.3 Å². The minimum Gasteiger partial charge on any atom is -0.478 e. The number of likely N-dealkylation sites (N-methyl/N-ethyl adjacent to an activating group) is 1. The average Bonchev–Trinajstić information content (AvgIpc) is 3.28. The van der Waals surface area contributed by atoms with E-state index in [-0.39, 0.29) is 12.2 Å². The van der Waals surface area contributed by atoms with E-state index in [9.17, 15) is 0 Å². The molecule has 0 amide bonds. The molecule has 0 radical (unpaired) electrons. The van der Waals surface area contributed by atoms with Crippen molar-refractivity contribution < 1.29 is 9.47 Å². The molecule has 206 valence electrons. The number of nitrogens with zero attached hydrogens (tertiary/aromatic N) is 7. The average molecular weight is 530 g/mol. The van der Waals surface area contributed by atoms with E-state index in [4.69, 9.17) is 19.4 Å². The summed E-state index contributed by atoms with van der Waals surface area (Å²) < 4.78 is 14.2. The van der Waals surface area contributed by atoms with Crippen molar-refractivity contribution in [2.24, 2.45) is 0 Å². The monoisotopic (exact) mass is 529 g/mol. The lowest BCUT2D eigenvalue weighted by molar-refractivity contribution is -0.00573. The van der Waals surface area contributed by atoms with Crippen molar-refractivity contribution in [1.82, 2.24) is 29.2 Å². The highest BCUT2D eigenvalue weighted by Crippen LogP contribution is 2.30. The predicted octanol–water partition coefficient (Wildman–Crippen LogP) is 3.88. The second kappa shape index (κ2) is 11.1. The Bertz CT molecular complexity index is 1420. The van der Waals surface area contributed by atoms with E-state index in [2.05, 4.69) is 76.2 Å². The van der Waals surface area contributed by atoms with Gasteiger partial charge >= 0.3 is 0 Å². The van der Waals surface area contributed by atoms with Gasteiger partial charge in [-0.1, -0.05) is 6.07 Å². The number of piperazine rings is 1. The molecule has 0 unspecified atom stereocenters. The van der Waals surface area contributed by atoms with Gasteiger partial charge in [0.1, 0.15) is 0 Å². The minimum absolute atomic E-state index is 0.156. The third kappa shape index (κ3) is 5.57. The molecule has 2 aliphatic rings. The maximum atomic E-state index is 5.98. The van der Waals surface area contributed by atoms with Gasteiger partial charge in [-0.25, -0.2) is 9.97 Å². The van der Waals surface area contributed by atoms with Gasteiger partial charge in [-0.3, -0.25) is 9.38 Å². The van der Waals surface area contributed by atoms with Crippen molar-refractivity contribution >= 4 is 22.5 Å². The zero-order valence-corrected chi connectivity index (χ0v) is 23.5. The number of anilines is 1. The van der Waals surface area contributed by atoms with E-state index in [1.807, 2.05) is 18.5 Å². The molecule has 39 heavy (non-hydrogen) atoms. The van der Waals surface area contributed by atoms with Gasteiger partial charge in [-0.05, 0) is 58.0 Å². The maximum Gasteiger partial charge on any atom is 0.213 e. The Balaban J connectivity index is 1.20. The van der Waals surface area contributed by atoms with Crippen molar-refractivity contribution in [2.75, 3.05) is 64.4 Å². The van der Waals surface area contributed by atoms with Gasteiger partial charge in [0.05, 0.1) is 47.3 Å². The maximum absolute atomic E-state index is 5.98. The van der Waals surface area contributed by atoms with Crippen LogP contribution in [0.2, 0.25) is 0 Å². The lowest BCUT2D eigenvalue weighted by atomic mass is 10.1. The van der Waals surface area contributed by atoms with Gasteiger partial charge in [-0.15, -0.1) is 0 Å². The quantitative estimate of drug-likeness (QED) is 0.334. The Morgan fingerprint density at radius 1 is 0.923 bits per heavy atom. The fourth-order valence-electron chi connectivity index (χ4n) is 5.76. The molecule has 9 nitrogen and oxygen atoms in total. The van der Waals surface area contributed by atoms with Crippen LogP contribution in [0.25, 0.3) is 27.7 Å². The van der Waals surface area contributed by atoms with Gasteiger partial charge in [0.25, 0.3) is 0 Å². The first-order valence-electron chi connectivity index (χ1n) is 14.1. The van der Waals surface area contributed by atoms with Crippen LogP contribution in [0.15, 0.2) is 42.7 Å². The Morgan fingerprint density at radius 3 is 2.44 bits per heavy atom. The van der Waals surface area contributed by atoms with Crippen LogP contribution in [-0.2, 0) is 4.74 Å². The highest BCUT2D eigenvalue weighted by atomic mass is 16.5. The Labute approximate surface area is 230 Å². The molecule has 0 aliphatic carbocycles. The Kier molecular flexibility index (Phi) is 7.38. The molecule has 4 aromatic rings. The van der Waals surface area contributed by atoms with Crippen molar-refractivity contribution in [1.29, 1.82) is 0 Å². The van der Waals surface area contributed by atoms with Crippen LogP contribution < -0.4 is 9.64 Å². The molecule has 3 aromatic heterocycles. The fraction of sp³-hybridized carbons (Fsp3) is 0.500. The van der Waals surface area contributed by atoms with Crippen LogP contribution in [-0.4, -0.2) is 101 Å². The normalized spacial score (nSPS) is 21.2. The first-order chi connectivity index (χ1) is 18.9. The van der Waals surface area contributed by atoms with E-state index < -0.39 is 0 Å². The summed E-state index contributed by atoms with van der Waals surface area (Å²) in [6.07, 6.45) is 5.15. The number of imidazole rings is 1. The molecule has 0 bridgehead atoms. The van der Waals surface area contributed by atoms with Crippen LogP contribution in [0.5, 0.6) is 5.88 Å². The number of fused-ring (bicyclic) bond motifs is 3. The summed E-state index contributed by atoms with van der Waals surface area (Å²) in [6.45, 7) is 14.2. The highest BCUT2D eigenvalue weighted by molar-refractivity contribution is 5.85. The molecule has 0 spiro atoms. The molecule has 2 fully saturated rings. The second-order valence-corrected chi connectivity index (χ2v) is 11.1. The van der Waals surface area contributed by atoms with Gasteiger partial charge < -0.3 is 24.2 Å². The summed E-state index contributed by atoms with van der Waals surface area (Å²) in [6, 6.07) is 10.4. The second-order valence-electron chi connectivity index (χ2n) is 11.1. The highest BCUT2D eigenvalue weighted by Gasteiger charge is 2.26. The smallest absolute Gasteiger partial charge is 0.213 e. The molecule has 2 aliphatic heterocycles. The third-order valence-corrected chi connectivity index (χ3v) is 7.86. The van der Waals surface area contributed by atoms with Crippen molar-refractivity contribution in [3.05, 3.63) is 48.4 Å². The molecular weight excluding hydrogens is 490 g/mol. The minimum atomic E-state index is 0.156. The van der Waals surface area contributed by atoms with E-state index >= 15 is 0 Å². The molecule has 6 rings (SSSR count). The van der Waals surface area contributed by atoms with Crippen LogP contribution in [0.1, 0.15) is 26.0 Å². The first-order valence-corrected chi connectivity index (χ1v) is 14.1. The largest absolute Gasteiger partial charge is 0.478 e. The zero-order valence-electron chi connectivity index (χ0n) is 23.5. The number of ether oxygens (including phenoxy) is 2. The molecule has 0 N–H and O–H groups in total. The van der Waals surface area contributed by atoms with Gasteiger partial charge in [0, 0.05) is 63.6 Å². The van der Waals surface area contributed by atoms with Crippen LogP contribution >= 0.6 is 0 Å². The van der Waals surface area contributed by atoms with Gasteiger partial charge in [0.15, 0.2) is 0 Å². The van der Waals surface area contributed by atoms with Crippen molar-refractivity contribution in [2.45, 2.75) is 39.4 Å². The summed E-state index contributed by atoms with van der Waals surface area (Å²) in [4.78, 5) is 21.6. The summed E-state index contributed by atoms with van der Waals surface area (Å²) in [5, 5.41) is 0. The van der Waals surface area contributed by atoms with Crippen molar-refractivity contribution in [3.63, 3.8) is 0 Å². The lowest BCUT2D eigenvalue weighted by Crippen LogP contribution is -2.46. The number of hydrogen-bond acceptors (Lipinski definition) is 8. The standard InChI is InChI=1S/C30H39N7O2/c1-21-19-36(20-22(2)39-21)30-33-23(3)28-18-31-26-8-6-24(16-27(26)37(28)30)25-7-9-29(32-17-25)38-15-5-10-35-13-11-34(4)12-14-35/h6-9,16-18,21-22H,5,10-15,19-20H2,1-4H3/t21-,22+. The number of aromatic nitrogens is 4. The summed E-state index contributed by atoms with van der Waals surface area (Å²) in [5.41, 5.74) is 6.12. The Hall–Kier alpha value is -3.27. The summed E-state index contributed by atoms with van der Waals surface area (Å²) in [5.74, 6) is 1.62. The number of aryl methyl sites for hydroxylation is 1. The number of hydrogen-bond donors (Lipinski definition) is 0. The van der Waals surface area contributed by atoms with E-state index in [1.54, 1.807) is 0 Å². The van der Waals surface area contributed by atoms with Crippen molar-refractivity contribution in [3.8, 4) is 17.0 Å². The lowest BCUT2D eigenvalue weighted by Gasteiger charge is -2.35. The SMILES string of the molecule is Cc1nc(N2C[C@@H](C)O[C@@H](C)C2)n2c1cnc1ccc(-c3ccc(OCCCN4CCN(C)CC4)nc3)cc12. The number of pyridine rings is 1.